The monoisotopic (exact) mass is 312 g/mol. The first-order valence-corrected chi connectivity index (χ1v) is 7.44. The molecule has 2 aromatic rings. The van der Waals surface area contributed by atoms with E-state index < -0.39 is 0 Å². The smallest absolute Gasteiger partial charge is 0.271 e. The predicted molar refractivity (Wildman–Crippen MR) is 90.3 cm³/mol. The molecular weight excluding hydrogens is 292 g/mol. The molecule has 0 unspecified atom stereocenters. The summed E-state index contributed by atoms with van der Waals surface area (Å²) in [6.45, 7) is 2.68. The number of methoxy groups -OCH3 is 1. The number of ether oxygens (including phenoxy) is 2. The topological polar surface area (TPSA) is 59.9 Å². The maximum Gasteiger partial charge on any atom is 0.271 e. The lowest BCUT2D eigenvalue weighted by Gasteiger charge is -2.10. The van der Waals surface area contributed by atoms with Gasteiger partial charge in [0, 0.05) is 5.56 Å². The van der Waals surface area contributed by atoms with Crippen LogP contribution in [0.1, 0.15) is 29.3 Å². The zero-order chi connectivity index (χ0) is 16.5. The van der Waals surface area contributed by atoms with Crippen molar-refractivity contribution in [2.24, 2.45) is 5.10 Å². The van der Waals surface area contributed by atoms with Crippen molar-refractivity contribution in [3.05, 3.63) is 59.7 Å². The molecule has 5 nitrogen and oxygen atoms in total. The minimum Gasteiger partial charge on any atom is -0.493 e. The van der Waals surface area contributed by atoms with Gasteiger partial charge in [0.2, 0.25) is 0 Å². The number of rotatable bonds is 7. The molecule has 0 aromatic heterocycles. The van der Waals surface area contributed by atoms with E-state index in [0.29, 0.717) is 23.7 Å². The van der Waals surface area contributed by atoms with Crippen molar-refractivity contribution in [2.75, 3.05) is 13.7 Å². The summed E-state index contributed by atoms with van der Waals surface area (Å²) in [5, 5.41) is 3.96. The Labute approximate surface area is 135 Å². The van der Waals surface area contributed by atoms with Crippen LogP contribution in [-0.2, 0) is 0 Å². The fourth-order valence-corrected chi connectivity index (χ4v) is 1.92. The van der Waals surface area contributed by atoms with Crippen molar-refractivity contribution >= 4 is 12.1 Å². The van der Waals surface area contributed by atoms with E-state index in [1.54, 1.807) is 37.6 Å². The third kappa shape index (κ3) is 4.85. The molecule has 0 aliphatic carbocycles. The van der Waals surface area contributed by atoms with Crippen LogP contribution in [0.25, 0.3) is 0 Å². The zero-order valence-corrected chi connectivity index (χ0v) is 13.3. The second-order valence-corrected chi connectivity index (χ2v) is 4.82. The molecule has 0 aliphatic rings. The molecule has 5 heteroatoms. The number of nitrogens with one attached hydrogen (secondary N) is 1. The van der Waals surface area contributed by atoms with Gasteiger partial charge in [-0.1, -0.05) is 25.1 Å². The van der Waals surface area contributed by atoms with Crippen molar-refractivity contribution in [2.45, 2.75) is 13.3 Å². The molecule has 0 heterocycles. The lowest BCUT2D eigenvalue weighted by atomic mass is 10.2. The second kappa shape index (κ2) is 8.58. The summed E-state index contributed by atoms with van der Waals surface area (Å²) in [6.07, 6.45) is 2.49. The van der Waals surface area contributed by atoms with Gasteiger partial charge in [-0.3, -0.25) is 4.79 Å². The Balaban J connectivity index is 2.00. The highest BCUT2D eigenvalue weighted by molar-refractivity contribution is 5.94. The van der Waals surface area contributed by atoms with Crippen LogP contribution in [-0.4, -0.2) is 25.8 Å². The highest BCUT2D eigenvalue weighted by Crippen LogP contribution is 2.27. The van der Waals surface area contributed by atoms with E-state index in [4.69, 9.17) is 9.47 Å². The molecule has 23 heavy (non-hydrogen) atoms. The summed E-state index contributed by atoms with van der Waals surface area (Å²) in [6, 6.07) is 14.4. The van der Waals surface area contributed by atoms with E-state index in [9.17, 15) is 4.79 Å². The Bertz CT molecular complexity index is 669. The predicted octanol–water partition coefficient (Wildman–Crippen LogP) is 3.25. The molecule has 0 spiro atoms. The highest BCUT2D eigenvalue weighted by Gasteiger charge is 2.05. The molecule has 1 N–H and O–H groups in total. The lowest BCUT2D eigenvalue weighted by molar-refractivity contribution is 0.0955. The average molecular weight is 312 g/mol. The van der Waals surface area contributed by atoms with Gasteiger partial charge >= 0.3 is 0 Å². The first kappa shape index (κ1) is 16.5. The van der Waals surface area contributed by atoms with Crippen LogP contribution in [0, 0.1) is 0 Å². The van der Waals surface area contributed by atoms with Crippen molar-refractivity contribution in [3.63, 3.8) is 0 Å². The largest absolute Gasteiger partial charge is 0.493 e. The number of hydrogen-bond donors (Lipinski definition) is 1. The molecule has 0 saturated carbocycles. The SMILES string of the molecule is CCCOc1ccc(/C=N/NC(=O)c2ccccc2)cc1OC. The maximum absolute atomic E-state index is 11.9. The number of carbonyl (C=O) groups is 1. The number of nitrogens with zero attached hydrogens (tertiary/aromatic N) is 1. The van der Waals surface area contributed by atoms with Gasteiger partial charge in [-0.25, -0.2) is 5.43 Å². The molecule has 0 fully saturated rings. The Kier molecular flexibility index (Phi) is 6.17. The molecule has 0 saturated heterocycles. The quantitative estimate of drug-likeness (QED) is 0.630. The zero-order valence-electron chi connectivity index (χ0n) is 13.3. The minimum atomic E-state index is -0.253. The van der Waals surface area contributed by atoms with Crippen molar-refractivity contribution in [1.82, 2.24) is 5.43 Å². The molecule has 1 amide bonds. The van der Waals surface area contributed by atoms with E-state index in [2.05, 4.69) is 10.5 Å². The Morgan fingerprint density at radius 2 is 1.96 bits per heavy atom. The molecular formula is C18H20N2O3. The van der Waals surface area contributed by atoms with Gasteiger partial charge in [-0.2, -0.15) is 5.10 Å². The van der Waals surface area contributed by atoms with Gasteiger partial charge in [-0.05, 0) is 42.3 Å². The molecule has 0 aliphatic heterocycles. The molecule has 120 valence electrons. The van der Waals surface area contributed by atoms with E-state index in [1.807, 2.05) is 31.2 Å². The standard InChI is InChI=1S/C18H20N2O3/c1-3-11-23-16-10-9-14(12-17(16)22-2)13-19-20-18(21)15-7-5-4-6-8-15/h4-10,12-13H,3,11H2,1-2H3,(H,20,21)/b19-13+. The summed E-state index contributed by atoms with van der Waals surface area (Å²) in [7, 11) is 1.59. The van der Waals surface area contributed by atoms with Crippen LogP contribution in [0.4, 0.5) is 0 Å². The van der Waals surface area contributed by atoms with Gasteiger partial charge in [0.1, 0.15) is 0 Å². The second-order valence-electron chi connectivity index (χ2n) is 4.82. The lowest BCUT2D eigenvalue weighted by Crippen LogP contribution is -2.17. The first-order valence-electron chi connectivity index (χ1n) is 7.44. The highest BCUT2D eigenvalue weighted by atomic mass is 16.5. The first-order chi connectivity index (χ1) is 11.2. The summed E-state index contributed by atoms with van der Waals surface area (Å²) in [5.41, 5.74) is 3.86. The fourth-order valence-electron chi connectivity index (χ4n) is 1.92. The van der Waals surface area contributed by atoms with Gasteiger partial charge in [-0.15, -0.1) is 0 Å². The Morgan fingerprint density at radius 3 is 2.65 bits per heavy atom. The van der Waals surface area contributed by atoms with E-state index in [0.717, 1.165) is 12.0 Å². The number of benzene rings is 2. The third-order valence-electron chi connectivity index (χ3n) is 3.07. The van der Waals surface area contributed by atoms with Crippen LogP contribution < -0.4 is 14.9 Å². The van der Waals surface area contributed by atoms with Crippen LogP contribution in [0.15, 0.2) is 53.6 Å². The Hall–Kier alpha value is -2.82. The molecule has 2 rings (SSSR count). The molecule has 0 bridgehead atoms. The minimum absolute atomic E-state index is 0.253. The number of hydrogen-bond acceptors (Lipinski definition) is 4. The maximum atomic E-state index is 11.9. The summed E-state index contributed by atoms with van der Waals surface area (Å²) in [4.78, 5) is 11.9. The third-order valence-corrected chi connectivity index (χ3v) is 3.07. The van der Waals surface area contributed by atoms with Crippen molar-refractivity contribution in [1.29, 1.82) is 0 Å². The van der Waals surface area contributed by atoms with E-state index in [-0.39, 0.29) is 5.91 Å². The van der Waals surface area contributed by atoms with E-state index in [1.165, 1.54) is 0 Å². The van der Waals surface area contributed by atoms with Crippen LogP contribution in [0.3, 0.4) is 0 Å². The van der Waals surface area contributed by atoms with Crippen LogP contribution >= 0.6 is 0 Å². The number of carbonyl (C=O) groups excluding carboxylic acids is 1. The molecule has 0 radical (unpaired) electrons. The van der Waals surface area contributed by atoms with E-state index >= 15 is 0 Å². The van der Waals surface area contributed by atoms with Crippen LogP contribution in [0.2, 0.25) is 0 Å². The van der Waals surface area contributed by atoms with Crippen molar-refractivity contribution in [3.8, 4) is 11.5 Å². The summed E-state index contributed by atoms with van der Waals surface area (Å²) < 4.78 is 10.9. The van der Waals surface area contributed by atoms with Crippen LogP contribution in [0.5, 0.6) is 11.5 Å². The number of amides is 1. The van der Waals surface area contributed by atoms with Gasteiger partial charge in [0.25, 0.3) is 5.91 Å². The molecule has 2 aromatic carbocycles. The van der Waals surface area contributed by atoms with Crippen molar-refractivity contribution < 1.29 is 14.3 Å². The van der Waals surface area contributed by atoms with Gasteiger partial charge in [0.05, 0.1) is 19.9 Å². The Morgan fingerprint density at radius 1 is 1.17 bits per heavy atom. The summed E-state index contributed by atoms with van der Waals surface area (Å²) >= 11 is 0. The fraction of sp³-hybridized carbons (Fsp3) is 0.222. The summed E-state index contributed by atoms with van der Waals surface area (Å²) in [5.74, 6) is 1.08. The van der Waals surface area contributed by atoms with Gasteiger partial charge in [0.15, 0.2) is 11.5 Å². The average Bonchev–Trinajstić information content (AvgIpc) is 2.61. The molecule has 0 atom stereocenters. The normalized spacial score (nSPS) is 10.5. The van der Waals surface area contributed by atoms with Gasteiger partial charge < -0.3 is 9.47 Å². The number of hydrazone groups is 1.